The first-order valence-electron chi connectivity index (χ1n) is 5.26. The van der Waals surface area contributed by atoms with Gasteiger partial charge in [-0.2, -0.15) is 0 Å². The molecule has 0 radical (unpaired) electrons. The number of benzene rings is 1. The molecule has 0 spiro atoms. The van der Waals surface area contributed by atoms with Crippen molar-refractivity contribution in [3.8, 4) is 0 Å². The quantitative estimate of drug-likeness (QED) is 0.724. The minimum absolute atomic E-state index is 0. The molecule has 0 fully saturated rings. The van der Waals surface area contributed by atoms with Gasteiger partial charge in [0.1, 0.15) is 12.1 Å². The molecule has 0 bridgehead atoms. The highest BCUT2D eigenvalue weighted by Crippen LogP contribution is 2.04. The summed E-state index contributed by atoms with van der Waals surface area (Å²) >= 11 is 0. The maximum Gasteiger partial charge on any atom is 0.321 e. The fourth-order valence-corrected chi connectivity index (χ4v) is 1.44. The van der Waals surface area contributed by atoms with E-state index in [0.717, 1.165) is 5.56 Å². The molecule has 1 aromatic carbocycles. The Kier molecular flexibility index (Phi) is 7.00. The molecule has 2 atom stereocenters. The lowest BCUT2D eigenvalue weighted by Gasteiger charge is -2.17. The molecule has 5 nitrogen and oxygen atoms in total. The third-order valence-electron chi connectivity index (χ3n) is 2.40. The summed E-state index contributed by atoms with van der Waals surface area (Å²) in [7, 11) is 0. The Bertz CT molecular complexity index is 396. The van der Waals surface area contributed by atoms with Gasteiger partial charge in [-0.05, 0) is 18.9 Å². The van der Waals surface area contributed by atoms with Crippen LogP contribution in [0.1, 0.15) is 12.5 Å². The topological polar surface area (TPSA) is 86.6 Å². The molecule has 18 heavy (non-hydrogen) atoms. The fourth-order valence-electron chi connectivity index (χ4n) is 1.44. The predicted octanol–water partition coefficient (Wildman–Crippen LogP) is 1.17. The molecule has 6 heteroatoms. The van der Waals surface area contributed by atoms with Crippen LogP contribution < -0.4 is 5.32 Å². The van der Waals surface area contributed by atoms with Gasteiger partial charge < -0.3 is 10.2 Å². The lowest BCUT2D eigenvalue weighted by molar-refractivity contribution is -0.142. The number of rotatable bonds is 6. The van der Waals surface area contributed by atoms with Crippen LogP contribution in [-0.4, -0.2) is 34.2 Å². The molecule has 0 aliphatic carbocycles. The number of hydrogen-bond acceptors (Lipinski definition) is 3. The summed E-state index contributed by atoms with van der Waals surface area (Å²) < 4.78 is 0. The number of carboxylic acid groups (broad SMARTS) is 2. The van der Waals surface area contributed by atoms with Crippen molar-refractivity contribution in [3.63, 3.8) is 0 Å². The SMILES string of the molecule is C[C@H](N[C@H](Cc1ccccc1)C(=O)O)C(=O)O.Cl. The van der Waals surface area contributed by atoms with Gasteiger partial charge in [0.15, 0.2) is 0 Å². The molecule has 0 aliphatic heterocycles. The third-order valence-corrected chi connectivity index (χ3v) is 2.40. The van der Waals surface area contributed by atoms with E-state index in [1.165, 1.54) is 6.92 Å². The summed E-state index contributed by atoms with van der Waals surface area (Å²) in [5.74, 6) is -2.12. The van der Waals surface area contributed by atoms with Gasteiger partial charge in [-0.3, -0.25) is 14.9 Å². The average molecular weight is 274 g/mol. The molecule has 0 saturated carbocycles. The molecule has 0 aliphatic rings. The van der Waals surface area contributed by atoms with Gasteiger partial charge in [0.05, 0.1) is 0 Å². The second-order valence-electron chi connectivity index (χ2n) is 3.81. The van der Waals surface area contributed by atoms with Crippen LogP contribution in [0.4, 0.5) is 0 Å². The number of aliphatic carboxylic acids is 2. The van der Waals surface area contributed by atoms with Crippen molar-refractivity contribution in [1.82, 2.24) is 5.32 Å². The molecule has 0 unspecified atom stereocenters. The van der Waals surface area contributed by atoms with Crippen molar-refractivity contribution in [2.45, 2.75) is 25.4 Å². The average Bonchev–Trinajstić information content (AvgIpc) is 2.29. The maximum atomic E-state index is 11.0. The Hall–Kier alpha value is -1.59. The molecule has 0 heterocycles. The molecule has 1 aromatic rings. The molecule has 1 rings (SSSR count). The zero-order valence-corrected chi connectivity index (χ0v) is 10.7. The number of nitrogens with one attached hydrogen (secondary N) is 1. The Morgan fingerprint density at radius 1 is 1.17 bits per heavy atom. The molecule has 0 saturated heterocycles. The molecule has 0 amide bonds. The highest BCUT2D eigenvalue weighted by molar-refractivity contribution is 5.85. The molecule has 100 valence electrons. The maximum absolute atomic E-state index is 11.0. The van der Waals surface area contributed by atoms with Crippen molar-refractivity contribution in [3.05, 3.63) is 35.9 Å². The minimum atomic E-state index is -1.07. The first-order chi connectivity index (χ1) is 8.00. The second-order valence-corrected chi connectivity index (χ2v) is 3.81. The van der Waals surface area contributed by atoms with Gasteiger partial charge in [0.25, 0.3) is 0 Å². The van der Waals surface area contributed by atoms with E-state index in [0.29, 0.717) is 0 Å². The number of carbonyl (C=O) groups is 2. The van der Waals surface area contributed by atoms with Crippen molar-refractivity contribution in [1.29, 1.82) is 0 Å². The highest BCUT2D eigenvalue weighted by Gasteiger charge is 2.22. The summed E-state index contributed by atoms with van der Waals surface area (Å²) in [6, 6.07) is 7.30. The molecular weight excluding hydrogens is 258 g/mol. The standard InChI is InChI=1S/C12H15NO4.ClH/c1-8(11(14)15)13-10(12(16)17)7-9-5-3-2-4-6-9;/h2-6,8,10,13H,7H2,1H3,(H,14,15)(H,16,17);1H/t8-,10+;/m0./s1. The van der Waals surface area contributed by atoms with Crippen LogP contribution in [0.3, 0.4) is 0 Å². The van der Waals surface area contributed by atoms with Gasteiger partial charge in [-0.1, -0.05) is 30.3 Å². The summed E-state index contributed by atoms with van der Waals surface area (Å²) in [6.45, 7) is 1.42. The van der Waals surface area contributed by atoms with Crippen molar-refractivity contribution >= 4 is 24.3 Å². The van der Waals surface area contributed by atoms with E-state index in [1.54, 1.807) is 0 Å². The van der Waals surface area contributed by atoms with Crippen molar-refractivity contribution in [2.75, 3.05) is 0 Å². The minimum Gasteiger partial charge on any atom is -0.480 e. The van der Waals surface area contributed by atoms with E-state index in [1.807, 2.05) is 30.3 Å². The highest BCUT2D eigenvalue weighted by atomic mass is 35.5. The first-order valence-corrected chi connectivity index (χ1v) is 5.26. The monoisotopic (exact) mass is 273 g/mol. The van der Waals surface area contributed by atoms with E-state index < -0.39 is 24.0 Å². The van der Waals surface area contributed by atoms with E-state index in [2.05, 4.69) is 5.32 Å². The van der Waals surface area contributed by atoms with Gasteiger partial charge in [0.2, 0.25) is 0 Å². The van der Waals surface area contributed by atoms with Gasteiger partial charge in [-0.15, -0.1) is 12.4 Å². The Morgan fingerprint density at radius 2 is 1.72 bits per heavy atom. The number of halogens is 1. The smallest absolute Gasteiger partial charge is 0.321 e. The van der Waals surface area contributed by atoms with E-state index >= 15 is 0 Å². The zero-order chi connectivity index (χ0) is 12.8. The normalized spacial score (nSPS) is 13.2. The van der Waals surface area contributed by atoms with E-state index in [4.69, 9.17) is 10.2 Å². The van der Waals surface area contributed by atoms with Crippen LogP contribution in [0.5, 0.6) is 0 Å². The Labute approximate surface area is 111 Å². The predicted molar refractivity (Wildman–Crippen MR) is 69.1 cm³/mol. The zero-order valence-electron chi connectivity index (χ0n) is 9.87. The first kappa shape index (κ1) is 16.4. The van der Waals surface area contributed by atoms with Crippen LogP contribution in [-0.2, 0) is 16.0 Å². The lowest BCUT2D eigenvalue weighted by Crippen LogP contribution is -2.46. The summed E-state index contributed by atoms with van der Waals surface area (Å²) in [4.78, 5) is 21.7. The largest absolute Gasteiger partial charge is 0.480 e. The molecule has 3 N–H and O–H groups in total. The lowest BCUT2D eigenvalue weighted by atomic mass is 10.1. The second kappa shape index (κ2) is 7.68. The van der Waals surface area contributed by atoms with Crippen molar-refractivity contribution in [2.24, 2.45) is 0 Å². The van der Waals surface area contributed by atoms with Crippen LogP contribution >= 0.6 is 12.4 Å². The fraction of sp³-hybridized carbons (Fsp3) is 0.333. The van der Waals surface area contributed by atoms with Gasteiger partial charge in [0, 0.05) is 0 Å². The Balaban J connectivity index is 0.00000289. The summed E-state index contributed by atoms with van der Waals surface area (Å²) in [5, 5.41) is 20.3. The van der Waals surface area contributed by atoms with Crippen LogP contribution in [0.25, 0.3) is 0 Å². The van der Waals surface area contributed by atoms with E-state index in [9.17, 15) is 9.59 Å². The van der Waals surface area contributed by atoms with Gasteiger partial charge in [-0.25, -0.2) is 0 Å². The van der Waals surface area contributed by atoms with Crippen molar-refractivity contribution < 1.29 is 19.8 Å². The van der Waals surface area contributed by atoms with Crippen LogP contribution in [0.15, 0.2) is 30.3 Å². The third kappa shape index (κ3) is 5.16. The Morgan fingerprint density at radius 3 is 2.17 bits per heavy atom. The molecular formula is C12H16ClNO4. The van der Waals surface area contributed by atoms with Crippen LogP contribution in [0.2, 0.25) is 0 Å². The van der Waals surface area contributed by atoms with E-state index in [-0.39, 0.29) is 18.8 Å². The molecule has 0 aromatic heterocycles. The number of carboxylic acids is 2. The summed E-state index contributed by atoms with van der Waals surface area (Å²) in [6.07, 6.45) is 0.258. The van der Waals surface area contributed by atoms with Crippen LogP contribution in [0, 0.1) is 0 Å². The number of hydrogen-bond donors (Lipinski definition) is 3. The van der Waals surface area contributed by atoms with Gasteiger partial charge >= 0.3 is 11.9 Å². The summed E-state index contributed by atoms with van der Waals surface area (Å²) in [5.41, 5.74) is 0.852.